The van der Waals surface area contributed by atoms with Crippen molar-refractivity contribution in [3.8, 4) is 0 Å². The fourth-order valence-electron chi connectivity index (χ4n) is 2.21. The normalized spacial score (nSPS) is 20.6. The summed E-state index contributed by atoms with van der Waals surface area (Å²) in [6, 6.07) is 2.26. The van der Waals surface area contributed by atoms with Crippen LogP contribution in [0.4, 0.5) is 17.6 Å². The summed E-state index contributed by atoms with van der Waals surface area (Å²) in [5.41, 5.74) is -1.28. The molecule has 6 heteroatoms. The second-order valence-corrected chi connectivity index (χ2v) is 5.76. The molecule has 110 valence electrons. The Bertz CT molecular complexity index is 536. The zero-order valence-corrected chi connectivity index (χ0v) is 11.1. The Kier molecular flexibility index (Phi) is 3.52. The van der Waals surface area contributed by atoms with Crippen molar-refractivity contribution < 1.29 is 22.4 Å². The molecule has 1 atom stereocenters. The Morgan fingerprint density at radius 2 is 2.00 bits per heavy atom. The van der Waals surface area contributed by atoms with Crippen LogP contribution in [0.2, 0.25) is 0 Å². The number of hydrogen-bond donors (Lipinski definition) is 1. The van der Waals surface area contributed by atoms with Gasteiger partial charge in [0.05, 0.1) is 5.56 Å². The molecule has 0 saturated heterocycles. The first-order valence-corrected chi connectivity index (χ1v) is 6.24. The lowest BCUT2D eigenvalue weighted by Gasteiger charge is -2.14. The monoisotopic (exact) mass is 289 g/mol. The van der Waals surface area contributed by atoms with Crippen molar-refractivity contribution in [2.75, 3.05) is 0 Å². The van der Waals surface area contributed by atoms with Crippen LogP contribution in [-0.4, -0.2) is 5.91 Å². The number of rotatable bonds is 3. The van der Waals surface area contributed by atoms with Gasteiger partial charge in [0.2, 0.25) is 5.91 Å². The third-order valence-electron chi connectivity index (χ3n) is 3.66. The van der Waals surface area contributed by atoms with E-state index in [2.05, 4.69) is 5.32 Å². The lowest BCUT2D eigenvalue weighted by atomic mass is 10.1. The van der Waals surface area contributed by atoms with Gasteiger partial charge in [0.1, 0.15) is 5.82 Å². The molecule has 1 aromatic rings. The molecule has 2 rings (SSSR count). The van der Waals surface area contributed by atoms with Gasteiger partial charge in [-0.1, -0.05) is 13.8 Å². The first-order valence-electron chi connectivity index (χ1n) is 6.24. The fraction of sp³-hybridized carbons (Fsp3) is 0.500. The Labute approximate surface area is 114 Å². The smallest absolute Gasteiger partial charge is 0.352 e. The molecular weight excluding hydrogens is 274 g/mol. The topological polar surface area (TPSA) is 29.1 Å². The van der Waals surface area contributed by atoms with E-state index >= 15 is 0 Å². The molecule has 1 aliphatic rings. The van der Waals surface area contributed by atoms with Gasteiger partial charge in [-0.3, -0.25) is 4.79 Å². The summed E-state index contributed by atoms with van der Waals surface area (Å²) in [6.45, 7) is 3.51. The summed E-state index contributed by atoms with van der Waals surface area (Å²) in [7, 11) is 0. The maximum Gasteiger partial charge on any atom is 0.416 e. The fourth-order valence-corrected chi connectivity index (χ4v) is 2.21. The third-order valence-corrected chi connectivity index (χ3v) is 3.66. The van der Waals surface area contributed by atoms with Crippen LogP contribution in [0.15, 0.2) is 18.2 Å². The number of benzene rings is 1. The number of halogens is 4. The van der Waals surface area contributed by atoms with Crippen LogP contribution in [0, 0.1) is 17.2 Å². The molecule has 0 aromatic heterocycles. The summed E-state index contributed by atoms with van der Waals surface area (Å²) in [6.07, 6.45) is -3.85. The van der Waals surface area contributed by atoms with E-state index in [9.17, 15) is 22.4 Å². The SMILES string of the molecule is CC1(C)C[C@H]1C(=O)NCc1cc(F)ccc1C(F)(F)F. The minimum absolute atomic E-state index is 0.0983. The summed E-state index contributed by atoms with van der Waals surface area (Å²) < 4.78 is 51.4. The molecule has 20 heavy (non-hydrogen) atoms. The molecule has 0 unspecified atom stereocenters. The summed E-state index contributed by atoms with van der Waals surface area (Å²) in [4.78, 5) is 11.8. The minimum Gasteiger partial charge on any atom is -0.352 e. The van der Waals surface area contributed by atoms with E-state index in [4.69, 9.17) is 0 Å². The Balaban J connectivity index is 2.09. The lowest BCUT2D eigenvalue weighted by molar-refractivity contribution is -0.138. The van der Waals surface area contributed by atoms with Crippen LogP contribution in [0.5, 0.6) is 0 Å². The summed E-state index contributed by atoms with van der Waals surface area (Å²) >= 11 is 0. The van der Waals surface area contributed by atoms with Crippen molar-refractivity contribution in [3.05, 3.63) is 35.1 Å². The van der Waals surface area contributed by atoms with Crippen molar-refractivity contribution in [3.63, 3.8) is 0 Å². The number of alkyl halides is 3. The highest BCUT2D eigenvalue weighted by Gasteiger charge is 2.50. The minimum atomic E-state index is -4.56. The number of carbonyl (C=O) groups excluding carboxylic acids is 1. The van der Waals surface area contributed by atoms with Gasteiger partial charge in [-0.25, -0.2) is 4.39 Å². The maximum atomic E-state index is 13.1. The highest BCUT2D eigenvalue weighted by atomic mass is 19.4. The van der Waals surface area contributed by atoms with E-state index in [0.29, 0.717) is 12.5 Å². The van der Waals surface area contributed by atoms with Crippen LogP contribution in [0.3, 0.4) is 0 Å². The number of amides is 1. The molecule has 0 bridgehead atoms. The molecule has 0 radical (unpaired) electrons. The first kappa shape index (κ1) is 14.8. The van der Waals surface area contributed by atoms with E-state index in [1.165, 1.54) is 0 Å². The van der Waals surface area contributed by atoms with Gasteiger partial charge >= 0.3 is 6.18 Å². The predicted molar refractivity (Wildman–Crippen MR) is 65.1 cm³/mol. The molecule has 0 heterocycles. The van der Waals surface area contributed by atoms with E-state index < -0.39 is 17.6 Å². The van der Waals surface area contributed by atoms with Gasteiger partial charge in [0, 0.05) is 12.5 Å². The van der Waals surface area contributed by atoms with Gasteiger partial charge in [-0.05, 0) is 35.6 Å². The van der Waals surface area contributed by atoms with Crippen LogP contribution >= 0.6 is 0 Å². The van der Waals surface area contributed by atoms with Crippen molar-refractivity contribution >= 4 is 5.91 Å². The molecule has 1 fully saturated rings. The average molecular weight is 289 g/mol. The predicted octanol–water partition coefficient (Wildman–Crippen LogP) is 3.51. The third kappa shape index (κ3) is 3.11. The van der Waals surface area contributed by atoms with Crippen molar-refractivity contribution in [2.24, 2.45) is 11.3 Å². The molecular formula is C14H15F4NO. The second-order valence-electron chi connectivity index (χ2n) is 5.76. The molecule has 1 aromatic carbocycles. The Morgan fingerprint density at radius 1 is 1.40 bits per heavy atom. The molecule has 0 aliphatic heterocycles. The van der Waals surface area contributed by atoms with Gasteiger partial charge in [-0.2, -0.15) is 13.2 Å². The largest absolute Gasteiger partial charge is 0.416 e. The molecule has 1 saturated carbocycles. The van der Waals surface area contributed by atoms with Gasteiger partial charge in [-0.15, -0.1) is 0 Å². The van der Waals surface area contributed by atoms with E-state index in [1.54, 1.807) is 0 Å². The average Bonchev–Trinajstić information content (AvgIpc) is 2.94. The molecule has 0 spiro atoms. The zero-order chi connectivity index (χ0) is 15.1. The van der Waals surface area contributed by atoms with Crippen LogP contribution < -0.4 is 5.32 Å². The maximum absolute atomic E-state index is 13.1. The highest BCUT2D eigenvalue weighted by Crippen LogP contribution is 2.51. The molecule has 2 nitrogen and oxygen atoms in total. The van der Waals surface area contributed by atoms with Crippen LogP contribution in [0.1, 0.15) is 31.4 Å². The van der Waals surface area contributed by atoms with Crippen molar-refractivity contribution in [1.29, 1.82) is 0 Å². The second kappa shape index (κ2) is 4.75. The molecule has 1 amide bonds. The number of carbonyl (C=O) groups is 1. The van der Waals surface area contributed by atoms with Crippen LogP contribution in [0.25, 0.3) is 0 Å². The number of hydrogen-bond acceptors (Lipinski definition) is 1. The van der Waals surface area contributed by atoms with Gasteiger partial charge < -0.3 is 5.32 Å². The van der Waals surface area contributed by atoms with Crippen molar-refractivity contribution in [2.45, 2.75) is 33.0 Å². The first-order chi connectivity index (χ1) is 9.11. The summed E-state index contributed by atoms with van der Waals surface area (Å²) in [5.74, 6) is -1.22. The van der Waals surface area contributed by atoms with E-state index in [0.717, 1.165) is 12.1 Å². The standard InChI is InChI=1S/C14H15F4NO/c1-13(2)6-11(13)12(20)19-7-8-5-9(15)3-4-10(8)14(16,17)18/h3-5,11H,6-7H2,1-2H3,(H,19,20)/t11-/m0/s1. The summed E-state index contributed by atoms with van der Waals surface area (Å²) in [5, 5.41) is 2.45. The zero-order valence-electron chi connectivity index (χ0n) is 11.1. The van der Waals surface area contributed by atoms with Gasteiger partial charge in [0.15, 0.2) is 0 Å². The Morgan fingerprint density at radius 3 is 2.50 bits per heavy atom. The van der Waals surface area contributed by atoms with Crippen molar-refractivity contribution in [1.82, 2.24) is 5.32 Å². The number of nitrogens with one attached hydrogen (secondary N) is 1. The Hall–Kier alpha value is -1.59. The van der Waals surface area contributed by atoms with Crippen LogP contribution in [-0.2, 0) is 17.5 Å². The van der Waals surface area contributed by atoms with Gasteiger partial charge in [0.25, 0.3) is 0 Å². The lowest BCUT2D eigenvalue weighted by Crippen LogP contribution is -2.27. The van der Waals surface area contributed by atoms with E-state index in [-0.39, 0.29) is 29.3 Å². The quantitative estimate of drug-likeness (QED) is 0.848. The van der Waals surface area contributed by atoms with E-state index in [1.807, 2.05) is 13.8 Å². The molecule has 1 N–H and O–H groups in total. The molecule has 1 aliphatic carbocycles. The highest BCUT2D eigenvalue weighted by molar-refractivity contribution is 5.82.